The third-order valence-corrected chi connectivity index (χ3v) is 8.37. The minimum absolute atomic E-state index is 0.00232. The van der Waals surface area contributed by atoms with E-state index in [1.54, 1.807) is 12.1 Å². The van der Waals surface area contributed by atoms with Gasteiger partial charge in [0.1, 0.15) is 0 Å². The van der Waals surface area contributed by atoms with Crippen LogP contribution in [0.25, 0.3) is 0 Å². The summed E-state index contributed by atoms with van der Waals surface area (Å²) in [6.07, 6.45) is 6.28. The fourth-order valence-corrected chi connectivity index (χ4v) is 5.90. The molecule has 0 bridgehead atoms. The van der Waals surface area contributed by atoms with Crippen molar-refractivity contribution in [2.24, 2.45) is 5.92 Å². The number of piperidine rings is 2. The van der Waals surface area contributed by atoms with Crippen LogP contribution in [0.3, 0.4) is 0 Å². The topological polar surface area (TPSA) is 86.8 Å². The number of carbonyl (C=O) groups is 2. The molecular weight excluding hydrogens is 402 g/mol. The smallest absolute Gasteiger partial charge is 0.251 e. The Morgan fingerprint density at radius 2 is 1.63 bits per heavy atom. The number of amides is 2. The Kier molecular flexibility index (Phi) is 6.16. The van der Waals surface area contributed by atoms with E-state index in [1.165, 1.54) is 10.4 Å². The number of sulfonamides is 1. The van der Waals surface area contributed by atoms with Crippen molar-refractivity contribution in [3.05, 3.63) is 29.3 Å². The molecule has 2 aliphatic heterocycles. The molecular formula is C22H31N3O4S. The highest BCUT2D eigenvalue weighted by Crippen LogP contribution is 2.32. The fourth-order valence-electron chi connectivity index (χ4n) is 4.36. The van der Waals surface area contributed by atoms with Crippen LogP contribution in [-0.2, 0) is 14.8 Å². The highest BCUT2D eigenvalue weighted by atomic mass is 32.2. The lowest BCUT2D eigenvalue weighted by Gasteiger charge is -2.32. The number of hydrogen-bond donors (Lipinski definition) is 1. The number of aryl methyl sites for hydroxylation is 1. The highest BCUT2D eigenvalue weighted by Gasteiger charge is 2.35. The maximum absolute atomic E-state index is 13.0. The molecule has 1 aliphatic carbocycles. The number of hydrogen-bond acceptors (Lipinski definition) is 4. The molecule has 1 aromatic carbocycles. The van der Waals surface area contributed by atoms with E-state index >= 15 is 0 Å². The minimum atomic E-state index is -3.58. The maximum atomic E-state index is 13.0. The first-order valence-corrected chi connectivity index (χ1v) is 12.5. The summed E-state index contributed by atoms with van der Waals surface area (Å²) in [5, 5.41) is 3.05. The summed E-state index contributed by atoms with van der Waals surface area (Å²) < 4.78 is 27.5. The first-order chi connectivity index (χ1) is 14.4. The van der Waals surface area contributed by atoms with Crippen molar-refractivity contribution in [2.75, 3.05) is 26.2 Å². The molecule has 0 aromatic heterocycles. The maximum Gasteiger partial charge on any atom is 0.251 e. The van der Waals surface area contributed by atoms with Crippen LogP contribution in [0.1, 0.15) is 60.9 Å². The highest BCUT2D eigenvalue weighted by molar-refractivity contribution is 7.89. The van der Waals surface area contributed by atoms with E-state index in [9.17, 15) is 18.0 Å². The van der Waals surface area contributed by atoms with Gasteiger partial charge in [0.2, 0.25) is 15.9 Å². The van der Waals surface area contributed by atoms with Crippen molar-refractivity contribution in [3.8, 4) is 0 Å². The second kappa shape index (κ2) is 8.67. The van der Waals surface area contributed by atoms with E-state index in [-0.39, 0.29) is 28.7 Å². The zero-order valence-corrected chi connectivity index (χ0v) is 18.4. The molecule has 30 heavy (non-hydrogen) atoms. The van der Waals surface area contributed by atoms with Crippen molar-refractivity contribution in [2.45, 2.75) is 62.8 Å². The Morgan fingerprint density at radius 1 is 0.967 bits per heavy atom. The van der Waals surface area contributed by atoms with Gasteiger partial charge in [0, 0.05) is 43.7 Å². The SMILES string of the molecule is Cc1ccc(S(=O)(=O)N2CCCCC2)cc1C(=O)NC1CCN(C(=O)C2CC2)CC1. The number of nitrogens with zero attached hydrogens (tertiary/aromatic N) is 2. The summed E-state index contributed by atoms with van der Waals surface area (Å²) in [6, 6.07) is 4.82. The zero-order chi connectivity index (χ0) is 21.3. The van der Waals surface area contributed by atoms with Crippen LogP contribution in [0.2, 0.25) is 0 Å². The Bertz CT molecular complexity index is 912. The third kappa shape index (κ3) is 4.54. The predicted octanol–water partition coefficient (Wildman–Crippen LogP) is 2.30. The molecule has 0 radical (unpaired) electrons. The van der Waals surface area contributed by atoms with E-state index in [0.29, 0.717) is 31.7 Å². The van der Waals surface area contributed by atoms with Gasteiger partial charge in [-0.15, -0.1) is 0 Å². The average Bonchev–Trinajstić information content (AvgIpc) is 3.60. The monoisotopic (exact) mass is 433 g/mol. The van der Waals surface area contributed by atoms with Crippen molar-refractivity contribution >= 4 is 21.8 Å². The molecule has 1 saturated carbocycles. The van der Waals surface area contributed by atoms with Gasteiger partial charge in [-0.2, -0.15) is 4.31 Å². The lowest BCUT2D eigenvalue weighted by molar-refractivity contribution is -0.133. The molecule has 0 spiro atoms. The van der Waals surface area contributed by atoms with E-state index in [0.717, 1.165) is 50.5 Å². The second-order valence-electron chi connectivity index (χ2n) is 8.79. The summed E-state index contributed by atoms with van der Waals surface area (Å²) >= 11 is 0. The number of nitrogens with one attached hydrogen (secondary N) is 1. The molecule has 0 unspecified atom stereocenters. The quantitative estimate of drug-likeness (QED) is 0.772. The Morgan fingerprint density at radius 3 is 2.27 bits per heavy atom. The van der Waals surface area contributed by atoms with Gasteiger partial charge in [-0.05, 0) is 63.1 Å². The van der Waals surface area contributed by atoms with E-state index in [4.69, 9.17) is 0 Å². The van der Waals surface area contributed by atoms with Crippen molar-refractivity contribution < 1.29 is 18.0 Å². The number of likely N-dealkylation sites (tertiary alicyclic amines) is 1. The summed E-state index contributed by atoms with van der Waals surface area (Å²) in [5.74, 6) is 0.241. The third-order valence-electron chi connectivity index (χ3n) is 6.47. The largest absolute Gasteiger partial charge is 0.349 e. The van der Waals surface area contributed by atoms with Gasteiger partial charge in [0.05, 0.1) is 4.90 Å². The predicted molar refractivity (Wildman–Crippen MR) is 114 cm³/mol. The number of rotatable bonds is 5. The van der Waals surface area contributed by atoms with Gasteiger partial charge in [-0.3, -0.25) is 9.59 Å². The molecule has 2 saturated heterocycles. The molecule has 7 nitrogen and oxygen atoms in total. The van der Waals surface area contributed by atoms with Crippen molar-refractivity contribution in [1.29, 1.82) is 0 Å². The molecule has 4 rings (SSSR count). The lowest BCUT2D eigenvalue weighted by atomic mass is 10.0. The van der Waals surface area contributed by atoms with Crippen LogP contribution in [0, 0.1) is 12.8 Å². The molecule has 8 heteroatoms. The molecule has 3 aliphatic rings. The molecule has 0 atom stereocenters. The van der Waals surface area contributed by atoms with E-state index in [2.05, 4.69) is 5.32 Å². The fraction of sp³-hybridized carbons (Fsp3) is 0.636. The van der Waals surface area contributed by atoms with E-state index < -0.39 is 10.0 Å². The van der Waals surface area contributed by atoms with Crippen LogP contribution in [0.4, 0.5) is 0 Å². The molecule has 164 valence electrons. The van der Waals surface area contributed by atoms with Crippen LogP contribution in [0.5, 0.6) is 0 Å². The number of carbonyl (C=O) groups excluding carboxylic acids is 2. The molecule has 1 aromatic rings. The normalized spacial score (nSPS) is 21.4. The van der Waals surface area contributed by atoms with Crippen LogP contribution < -0.4 is 5.32 Å². The van der Waals surface area contributed by atoms with Gasteiger partial charge in [0.25, 0.3) is 5.91 Å². The summed E-state index contributed by atoms with van der Waals surface area (Å²) in [5.41, 5.74) is 1.16. The zero-order valence-electron chi connectivity index (χ0n) is 17.6. The molecule has 2 heterocycles. The van der Waals surface area contributed by atoms with Crippen LogP contribution in [0.15, 0.2) is 23.1 Å². The van der Waals surface area contributed by atoms with Gasteiger partial charge in [0.15, 0.2) is 0 Å². The van der Waals surface area contributed by atoms with Crippen LogP contribution in [-0.4, -0.2) is 61.7 Å². The summed E-state index contributed by atoms with van der Waals surface area (Å²) in [4.78, 5) is 27.2. The molecule has 2 amide bonds. The van der Waals surface area contributed by atoms with Gasteiger partial charge in [-0.1, -0.05) is 12.5 Å². The Hall–Kier alpha value is -1.93. The molecule has 3 fully saturated rings. The molecule has 1 N–H and O–H groups in total. The van der Waals surface area contributed by atoms with E-state index in [1.807, 2.05) is 11.8 Å². The first-order valence-electron chi connectivity index (χ1n) is 11.1. The minimum Gasteiger partial charge on any atom is -0.349 e. The summed E-state index contributed by atoms with van der Waals surface area (Å²) in [7, 11) is -3.58. The Balaban J connectivity index is 1.41. The van der Waals surface area contributed by atoms with Gasteiger partial charge in [-0.25, -0.2) is 8.42 Å². The van der Waals surface area contributed by atoms with Gasteiger partial charge >= 0.3 is 0 Å². The van der Waals surface area contributed by atoms with Crippen LogP contribution >= 0.6 is 0 Å². The lowest BCUT2D eigenvalue weighted by Crippen LogP contribution is -2.47. The Labute approximate surface area is 178 Å². The first kappa shape index (κ1) is 21.3. The van der Waals surface area contributed by atoms with Gasteiger partial charge < -0.3 is 10.2 Å². The average molecular weight is 434 g/mol. The standard InChI is InChI=1S/C22H31N3O4S/c1-16-5-8-19(30(28,29)25-11-3-2-4-12-25)15-20(16)21(26)23-18-9-13-24(14-10-18)22(27)17-6-7-17/h5,8,15,17-18H,2-4,6-7,9-14H2,1H3,(H,23,26). The van der Waals surface area contributed by atoms with Crippen molar-refractivity contribution in [3.63, 3.8) is 0 Å². The number of benzene rings is 1. The van der Waals surface area contributed by atoms with Crippen molar-refractivity contribution in [1.82, 2.24) is 14.5 Å². The second-order valence-corrected chi connectivity index (χ2v) is 10.7. The summed E-state index contributed by atoms with van der Waals surface area (Å²) in [6.45, 7) is 4.24.